The maximum atomic E-state index is 11.4. The van der Waals surface area contributed by atoms with E-state index in [9.17, 15) is 14.4 Å². The lowest BCUT2D eigenvalue weighted by Gasteiger charge is -2.16. The minimum atomic E-state index is -0.751. The van der Waals surface area contributed by atoms with E-state index in [1.165, 1.54) is 13.3 Å². The molecule has 1 amide bonds. The van der Waals surface area contributed by atoms with Gasteiger partial charge in [-0.2, -0.15) is 0 Å². The smallest absolute Gasteiger partial charge is 0.331 e. The second-order valence-corrected chi connectivity index (χ2v) is 3.21. The van der Waals surface area contributed by atoms with Crippen molar-refractivity contribution in [3.63, 3.8) is 0 Å². The molecule has 1 aliphatic rings. The fraction of sp³-hybridized carbons (Fsp3) is 0.182. The number of nitrogens with one attached hydrogen (secondary N) is 2. The average Bonchev–Trinajstić information content (AvgIpc) is 2.34. The Morgan fingerprint density at radius 2 is 2.06 bits per heavy atom. The Kier molecular flexibility index (Phi) is 4.67. The quantitative estimate of drug-likeness (QED) is 0.509. The Balaban J connectivity index is 2.44. The molecule has 96 valence electrons. The van der Waals surface area contributed by atoms with Crippen LogP contribution in [0.1, 0.15) is 0 Å². The van der Waals surface area contributed by atoms with Gasteiger partial charge >= 0.3 is 11.9 Å². The van der Waals surface area contributed by atoms with Crippen molar-refractivity contribution in [2.45, 2.75) is 0 Å². The molecule has 0 aromatic heterocycles. The van der Waals surface area contributed by atoms with Gasteiger partial charge in [0, 0.05) is 18.4 Å². The highest BCUT2D eigenvalue weighted by Crippen LogP contribution is 2.01. The van der Waals surface area contributed by atoms with Crippen LogP contribution in [0.3, 0.4) is 0 Å². The van der Waals surface area contributed by atoms with Gasteiger partial charge in [0.15, 0.2) is 0 Å². The zero-order valence-electron chi connectivity index (χ0n) is 9.69. The number of hydrogen-bond acceptors (Lipinski definition) is 6. The standard InChI is InChI=1S/C11H12N2O5/c1-7-12-5-8(11(16)13-7)6-18-10(15)4-3-9(14)17-2/h3-5,12H,1,6H2,2H3,(H,13,16)/b4-3+. The van der Waals surface area contributed by atoms with Crippen LogP contribution in [0.15, 0.2) is 36.3 Å². The minimum Gasteiger partial charge on any atom is -0.466 e. The zero-order valence-corrected chi connectivity index (χ0v) is 9.69. The van der Waals surface area contributed by atoms with Gasteiger partial charge < -0.3 is 20.1 Å². The van der Waals surface area contributed by atoms with Crippen LogP contribution in [-0.4, -0.2) is 31.6 Å². The summed E-state index contributed by atoms with van der Waals surface area (Å²) < 4.78 is 9.04. The Bertz CT molecular complexity index is 450. The predicted octanol–water partition coefficient (Wildman–Crippen LogP) is -0.667. The van der Waals surface area contributed by atoms with E-state index in [-0.39, 0.29) is 12.2 Å². The van der Waals surface area contributed by atoms with Gasteiger partial charge in [0.25, 0.3) is 5.91 Å². The molecule has 0 radical (unpaired) electrons. The summed E-state index contributed by atoms with van der Waals surface area (Å²) in [7, 11) is 1.19. The second kappa shape index (κ2) is 6.24. The maximum Gasteiger partial charge on any atom is 0.331 e. The predicted molar refractivity (Wildman–Crippen MR) is 60.6 cm³/mol. The molecule has 7 nitrogen and oxygen atoms in total. The first kappa shape index (κ1) is 13.5. The van der Waals surface area contributed by atoms with Gasteiger partial charge in [-0.1, -0.05) is 6.58 Å². The molecule has 0 saturated heterocycles. The average molecular weight is 252 g/mol. The van der Waals surface area contributed by atoms with Gasteiger partial charge in [-0.05, 0) is 0 Å². The first-order valence-electron chi connectivity index (χ1n) is 4.91. The van der Waals surface area contributed by atoms with E-state index in [0.717, 1.165) is 12.2 Å². The third kappa shape index (κ3) is 4.12. The molecule has 0 aromatic rings. The molecule has 1 aliphatic heterocycles. The van der Waals surface area contributed by atoms with Crippen LogP contribution in [0.5, 0.6) is 0 Å². The SMILES string of the molecule is C=C1NC=C(COC(=O)/C=C/C(=O)OC)C(=O)N1. The summed E-state index contributed by atoms with van der Waals surface area (Å²) in [5.74, 6) is -1.47. The number of methoxy groups -OCH3 is 1. The van der Waals surface area contributed by atoms with Crippen LogP contribution in [0.4, 0.5) is 0 Å². The van der Waals surface area contributed by atoms with Crippen molar-refractivity contribution in [2.75, 3.05) is 13.7 Å². The van der Waals surface area contributed by atoms with Crippen molar-refractivity contribution >= 4 is 17.8 Å². The lowest BCUT2D eigenvalue weighted by molar-refractivity contribution is -0.139. The Morgan fingerprint density at radius 1 is 1.39 bits per heavy atom. The molecule has 0 aromatic carbocycles. The number of esters is 2. The topological polar surface area (TPSA) is 93.7 Å². The molecule has 2 N–H and O–H groups in total. The third-order valence-electron chi connectivity index (χ3n) is 1.90. The van der Waals surface area contributed by atoms with Crippen molar-refractivity contribution in [3.05, 3.63) is 36.3 Å². The van der Waals surface area contributed by atoms with E-state index in [1.54, 1.807) is 0 Å². The normalized spacial score (nSPS) is 14.6. The summed E-state index contributed by atoms with van der Waals surface area (Å²) in [5.41, 5.74) is 0.238. The van der Waals surface area contributed by atoms with Crippen LogP contribution in [-0.2, 0) is 23.9 Å². The number of carbonyl (C=O) groups is 3. The molecule has 0 unspecified atom stereocenters. The number of carbonyl (C=O) groups excluding carboxylic acids is 3. The fourth-order valence-corrected chi connectivity index (χ4v) is 1.00. The van der Waals surface area contributed by atoms with E-state index >= 15 is 0 Å². The van der Waals surface area contributed by atoms with E-state index in [2.05, 4.69) is 21.9 Å². The molecular formula is C11H12N2O5. The number of amides is 1. The number of hydrogen-bond donors (Lipinski definition) is 2. The van der Waals surface area contributed by atoms with E-state index in [4.69, 9.17) is 4.74 Å². The monoisotopic (exact) mass is 252 g/mol. The van der Waals surface area contributed by atoms with E-state index < -0.39 is 17.8 Å². The lowest BCUT2D eigenvalue weighted by Crippen LogP contribution is -2.36. The first-order valence-corrected chi connectivity index (χ1v) is 4.91. The Morgan fingerprint density at radius 3 is 2.67 bits per heavy atom. The maximum absolute atomic E-state index is 11.4. The highest BCUT2D eigenvalue weighted by atomic mass is 16.5. The summed E-state index contributed by atoms with van der Waals surface area (Å²) in [6.07, 6.45) is 3.23. The minimum absolute atomic E-state index is 0.212. The van der Waals surface area contributed by atoms with Crippen LogP contribution < -0.4 is 10.6 Å². The molecule has 0 aliphatic carbocycles. The van der Waals surface area contributed by atoms with E-state index in [1.807, 2.05) is 0 Å². The lowest BCUT2D eigenvalue weighted by atomic mass is 10.2. The summed E-state index contributed by atoms with van der Waals surface area (Å²) >= 11 is 0. The summed E-state index contributed by atoms with van der Waals surface area (Å²) in [6, 6.07) is 0. The van der Waals surface area contributed by atoms with Gasteiger partial charge in [-0.25, -0.2) is 9.59 Å². The third-order valence-corrected chi connectivity index (χ3v) is 1.90. The van der Waals surface area contributed by atoms with Crippen molar-refractivity contribution in [2.24, 2.45) is 0 Å². The van der Waals surface area contributed by atoms with Gasteiger partial charge in [0.05, 0.1) is 12.7 Å². The molecule has 0 fully saturated rings. The zero-order chi connectivity index (χ0) is 13.5. The van der Waals surface area contributed by atoms with Crippen LogP contribution in [0, 0.1) is 0 Å². The first-order chi connectivity index (χ1) is 8.52. The van der Waals surface area contributed by atoms with Gasteiger partial charge in [-0.15, -0.1) is 0 Å². The highest BCUT2D eigenvalue weighted by Gasteiger charge is 2.16. The van der Waals surface area contributed by atoms with Crippen molar-refractivity contribution in [3.8, 4) is 0 Å². The van der Waals surface area contributed by atoms with Gasteiger partial charge in [0.1, 0.15) is 12.4 Å². The van der Waals surface area contributed by atoms with Crippen molar-refractivity contribution < 1.29 is 23.9 Å². The van der Waals surface area contributed by atoms with E-state index in [0.29, 0.717) is 5.82 Å². The van der Waals surface area contributed by atoms with Crippen molar-refractivity contribution in [1.29, 1.82) is 0 Å². The fourth-order valence-electron chi connectivity index (χ4n) is 1.00. The highest BCUT2D eigenvalue weighted by molar-refractivity contribution is 5.96. The Hall–Kier alpha value is -2.57. The molecule has 0 saturated carbocycles. The molecule has 1 rings (SSSR count). The molecule has 7 heteroatoms. The van der Waals surface area contributed by atoms with Gasteiger partial charge in [0.2, 0.25) is 0 Å². The summed E-state index contributed by atoms with van der Waals surface area (Å²) in [6.45, 7) is 3.28. The Labute approximate surface area is 103 Å². The molecular weight excluding hydrogens is 240 g/mol. The van der Waals surface area contributed by atoms with Crippen molar-refractivity contribution in [1.82, 2.24) is 10.6 Å². The molecule has 0 spiro atoms. The van der Waals surface area contributed by atoms with Crippen LogP contribution in [0.25, 0.3) is 0 Å². The van der Waals surface area contributed by atoms with Crippen LogP contribution in [0.2, 0.25) is 0 Å². The van der Waals surface area contributed by atoms with Gasteiger partial charge in [-0.3, -0.25) is 4.79 Å². The molecule has 1 heterocycles. The van der Waals surface area contributed by atoms with Crippen LogP contribution >= 0.6 is 0 Å². The molecule has 18 heavy (non-hydrogen) atoms. The number of rotatable bonds is 4. The second-order valence-electron chi connectivity index (χ2n) is 3.21. The summed E-state index contributed by atoms with van der Waals surface area (Å²) in [4.78, 5) is 33.2. The largest absolute Gasteiger partial charge is 0.466 e. The summed E-state index contributed by atoms with van der Waals surface area (Å²) in [5, 5.41) is 5.09. The molecule has 0 bridgehead atoms. The molecule has 0 atom stereocenters. The number of ether oxygens (including phenoxy) is 2.